The summed E-state index contributed by atoms with van der Waals surface area (Å²) in [5.41, 5.74) is 0.468. The quantitative estimate of drug-likeness (QED) is 0.643. The number of anilines is 1. The molecule has 0 unspecified atom stereocenters. The van der Waals surface area contributed by atoms with Gasteiger partial charge in [-0.15, -0.1) is 0 Å². The number of hydrogen-bond donors (Lipinski definition) is 2. The van der Waals surface area contributed by atoms with E-state index in [1.165, 1.54) is 0 Å². The molecule has 1 heterocycles. The Kier molecular flexibility index (Phi) is 5.55. The Morgan fingerprint density at radius 3 is 2.68 bits per heavy atom. The molecule has 2 N–H and O–H groups in total. The van der Waals surface area contributed by atoms with Gasteiger partial charge in [-0.3, -0.25) is 9.21 Å². The third-order valence-electron chi connectivity index (χ3n) is 3.30. The van der Waals surface area contributed by atoms with Crippen molar-refractivity contribution in [1.82, 2.24) is 0 Å². The van der Waals surface area contributed by atoms with E-state index < -0.39 is 6.09 Å². The van der Waals surface area contributed by atoms with Crippen molar-refractivity contribution < 1.29 is 23.3 Å². The van der Waals surface area contributed by atoms with E-state index in [9.17, 15) is 4.79 Å². The molecule has 1 aromatic rings. The Hall–Kier alpha value is -1.44. The molecular formula is C15H23N2O4S+. The molecule has 1 amide bonds. The van der Waals surface area contributed by atoms with Gasteiger partial charge in [0, 0.05) is 6.07 Å². The minimum atomic E-state index is -1.10. The van der Waals surface area contributed by atoms with Crippen molar-refractivity contribution in [2.24, 2.45) is 0 Å². The molecule has 22 heavy (non-hydrogen) atoms. The topological polar surface area (TPSA) is 67.8 Å². The van der Waals surface area contributed by atoms with Gasteiger partial charge in [0.1, 0.15) is 30.8 Å². The highest BCUT2D eigenvalue weighted by Gasteiger charge is 2.28. The summed E-state index contributed by atoms with van der Waals surface area (Å²) in [5.74, 6) is 0.558. The predicted octanol–water partition coefficient (Wildman–Crippen LogP) is 3.05. The number of amides is 1. The van der Waals surface area contributed by atoms with Gasteiger partial charge in [-0.25, -0.2) is 4.79 Å². The second kappa shape index (κ2) is 7.21. The molecule has 0 atom stereocenters. The fourth-order valence-electron chi connectivity index (χ4n) is 2.20. The molecule has 1 aromatic carbocycles. The number of carbonyl (C=O) groups is 1. The van der Waals surface area contributed by atoms with Crippen LogP contribution in [0, 0.1) is 0 Å². The van der Waals surface area contributed by atoms with Crippen molar-refractivity contribution >= 4 is 23.7 Å². The van der Waals surface area contributed by atoms with Gasteiger partial charge in [0.25, 0.3) is 0 Å². The maximum absolute atomic E-state index is 10.9. The van der Waals surface area contributed by atoms with E-state index in [1.807, 2.05) is 26.0 Å². The monoisotopic (exact) mass is 327 g/mol. The predicted molar refractivity (Wildman–Crippen MR) is 86.4 cm³/mol. The zero-order valence-corrected chi connectivity index (χ0v) is 14.0. The smallest absolute Gasteiger partial charge is 0.409 e. The first-order valence-electron chi connectivity index (χ1n) is 7.30. The lowest BCUT2D eigenvalue weighted by molar-refractivity contribution is -0.784. The van der Waals surface area contributed by atoms with E-state index in [0.717, 1.165) is 35.1 Å². The number of benzene rings is 1. The number of nitrogens with one attached hydrogen (secondary N) is 1. The van der Waals surface area contributed by atoms with Crippen LogP contribution in [-0.4, -0.2) is 54.5 Å². The Morgan fingerprint density at radius 1 is 1.41 bits per heavy atom. The molecule has 0 aromatic heterocycles. The summed E-state index contributed by atoms with van der Waals surface area (Å²) in [6, 6.07) is 5.57. The normalized spacial score (nSPS) is 17.3. The Morgan fingerprint density at radius 2 is 2.09 bits per heavy atom. The molecule has 1 saturated heterocycles. The Balaban J connectivity index is 2.19. The second-order valence-corrected chi connectivity index (χ2v) is 7.24. The summed E-state index contributed by atoms with van der Waals surface area (Å²) in [7, 11) is 2.18. The van der Waals surface area contributed by atoms with Gasteiger partial charge in [0.2, 0.25) is 0 Å². The molecule has 0 spiro atoms. The average molecular weight is 327 g/mol. The molecule has 0 aliphatic carbocycles. The van der Waals surface area contributed by atoms with Gasteiger partial charge in [0.05, 0.1) is 36.9 Å². The van der Waals surface area contributed by atoms with E-state index >= 15 is 0 Å². The zero-order chi connectivity index (χ0) is 16.2. The van der Waals surface area contributed by atoms with E-state index in [-0.39, 0.29) is 6.10 Å². The third kappa shape index (κ3) is 4.79. The Labute approximate surface area is 135 Å². The van der Waals surface area contributed by atoms with Crippen molar-refractivity contribution in [2.75, 3.05) is 38.7 Å². The average Bonchev–Trinajstić information content (AvgIpc) is 2.41. The number of nitrogens with zero attached hydrogens (tertiary/aromatic N) is 1. The standard InChI is InChI=1S/C15H22N2O4S/c1-11(2)21-14-10-12(4-5-13(14)16-15(18)19)22-17(3)6-8-20-9-7-17/h4-5,10-11,16H,6-9H2,1-3H3/p+1. The number of hydrogen-bond acceptors (Lipinski definition) is 4. The summed E-state index contributed by atoms with van der Waals surface area (Å²) in [4.78, 5) is 11.9. The number of ether oxygens (including phenoxy) is 2. The first kappa shape index (κ1) is 16.9. The maximum atomic E-state index is 10.9. The summed E-state index contributed by atoms with van der Waals surface area (Å²) in [6.07, 6.45) is -1.12. The van der Waals surface area contributed by atoms with Crippen LogP contribution in [0.25, 0.3) is 0 Å². The van der Waals surface area contributed by atoms with Crippen LogP contribution in [0.3, 0.4) is 0 Å². The number of likely N-dealkylation sites (N-methyl/N-ethyl adjacent to an activating group) is 1. The van der Waals surface area contributed by atoms with Crippen molar-refractivity contribution in [1.29, 1.82) is 0 Å². The SMILES string of the molecule is CC(C)Oc1cc(S[N+]2(C)CCOCC2)ccc1NC(=O)O. The summed E-state index contributed by atoms with van der Waals surface area (Å²) >= 11 is 1.74. The molecular weight excluding hydrogens is 304 g/mol. The molecule has 0 saturated carbocycles. The molecule has 2 rings (SSSR count). The minimum absolute atomic E-state index is 0.0252. The first-order valence-corrected chi connectivity index (χ1v) is 8.08. The van der Waals surface area contributed by atoms with E-state index in [4.69, 9.17) is 14.6 Å². The Bertz CT molecular complexity index is 530. The molecule has 122 valence electrons. The van der Waals surface area contributed by atoms with E-state index in [2.05, 4.69) is 12.4 Å². The molecule has 0 bridgehead atoms. The highest BCUT2D eigenvalue weighted by molar-refractivity contribution is 7.93. The zero-order valence-electron chi connectivity index (χ0n) is 13.2. The van der Waals surface area contributed by atoms with Crippen LogP contribution < -0.4 is 10.1 Å². The van der Waals surface area contributed by atoms with Crippen LogP contribution in [0.15, 0.2) is 23.1 Å². The lowest BCUT2D eigenvalue weighted by atomic mass is 10.3. The van der Waals surface area contributed by atoms with Crippen LogP contribution in [0.5, 0.6) is 5.75 Å². The summed E-state index contributed by atoms with van der Waals surface area (Å²) < 4.78 is 12.0. The molecule has 7 heteroatoms. The van der Waals surface area contributed by atoms with Crippen LogP contribution in [-0.2, 0) is 4.74 Å². The number of morpholine rings is 1. The van der Waals surface area contributed by atoms with Gasteiger partial charge >= 0.3 is 6.09 Å². The molecule has 1 aliphatic rings. The highest BCUT2D eigenvalue weighted by Crippen LogP contribution is 2.36. The van der Waals surface area contributed by atoms with Gasteiger partial charge in [0.15, 0.2) is 0 Å². The van der Waals surface area contributed by atoms with Crippen molar-refractivity contribution in [3.05, 3.63) is 18.2 Å². The van der Waals surface area contributed by atoms with Crippen molar-refractivity contribution in [3.63, 3.8) is 0 Å². The van der Waals surface area contributed by atoms with Crippen LogP contribution in [0.2, 0.25) is 0 Å². The van der Waals surface area contributed by atoms with Gasteiger partial charge in [-0.1, -0.05) is 0 Å². The number of quaternary nitrogens is 1. The van der Waals surface area contributed by atoms with Gasteiger partial charge < -0.3 is 14.6 Å². The lowest BCUT2D eigenvalue weighted by Crippen LogP contribution is -2.46. The van der Waals surface area contributed by atoms with Crippen molar-refractivity contribution in [3.8, 4) is 5.75 Å². The largest absolute Gasteiger partial charge is 0.489 e. The minimum Gasteiger partial charge on any atom is -0.489 e. The van der Waals surface area contributed by atoms with Gasteiger partial charge in [-0.2, -0.15) is 0 Å². The maximum Gasteiger partial charge on any atom is 0.409 e. The highest BCUT2D eigenvalue weighted by atomic mass is 32.2. The first-order chi connectivity index (χ1) is 10.4. The fourth-order valence-corrected chi connectivity index (χ4v) is 3.33. The van der Waals surface area contributed by atoms with Crippen LogP contribution in [0.1, 0.15) is 13.8 Å². The molecule has 1 fully saturated rings. The van der Waals surface area contributed by atoms with Crippen LogP contribution in [0.4, 0.5) is 10.5 Å². The van der Waals surface area contributed by atoms with E-state index in [1.54, 1.807) is 18.0 Å². The van der Waals surface area contributed by atoms with Crippen molar-refractivity contribution in [2.45, 2.75) is 24.8 Å². The van der Waals surface area contributed by atoms with Gasteiger partial charge in [-0.05, 0) is 26.0 Å². The molecule has 6 nitrogen and oxygen atoms in total. The van der Waals surface area contributed by atoms with Crippen LogP contribution >= 0.6 is 11.9 Å². The lowest BCUT2D eigenvalue weighted by Gasteiger charge is -2.34. The second-order valence-electron chi connectivity index (χ2n) is 5.70. The third-order valence-corrected chi connectivity index (χ3v) is 4.57. The summed E-state index contributed by atoms with van der Waals surface area (Å²) in [5, 5.41) is 11.3. The number of carboxylic acid groups (broad SMARTS) is 1. The fraction of sp³-hybridized carbons (Fsp3) is 0.533. The molecule has 1 aliphatic heterocycles. The molecule has 0 radical (unpaired) electrons. The number of rotatable bonds is 5. The van der Waals surface area contributed by atoms with E-state index in [0.29, 0.717) is 11.4 Å². The summed E-state index contributed by atoms with van der Waals surface area (Å²) in [6.45, 7) is 7.25.